The summed E-state index contributed by atoms with van der Waals surface area (Å²) >= 11 is 0. The molecule has 4 N–H and O–H groups in total. The first-order chi connectivity index (χ1) is 13.2. The van der Waals surface area contributed by atoms with E-state index in [4.69, 9.17) is 25.7 Å². The molecule has 5 nitrogen and oxygen atoms in total. The fourth-order valence-electron chi connectivity index (χ4n) is 2.76. The number of rotatable bonds is 14. The van der Waals surface area contributed by atoms with Gasteiger partial charge in [-0.3, -0.25) is 0 Å². The highest BCUT2D eigenvalue weighted by atomic mass is 16.5. The van der Waals surface area contributed by atoms with Crippen LogP contribution in [0.4, 0.5) is 0 Å². The maximum Gasteiger partial charge on any atom is 0.0701 e. The van der Waals surface area contributed by atoms with E-state index in [0.717, 1.165) is 12.8 Å². The fourth-order valence-corrected chi connectivity index (χ4v) is 2.76. The largest absolute Gasteiger partial charge is 0.377 e. The molecule has 0 bridgehead atoms. The van der Waals surface area contributed by atoms with Gasteiger partial charge in [0.05, 0.1) is 39.6 Å². The summed E-state index contributed by atoms with van der Waals surface area (Å²) in [6.45, 7) is 3.22. The third-order valence-electron chi connectivity index (χ3n) is 4.09. The van der Waals surface area contributed by atoms with Crippen molar-refractivity contribution < 1.29 is 14.2 Å². The highest BCUT2D eigenvalue weighted by Gasteiger charge is 2.05. The molecule has 0 spiro atoms. The van der Waals surface area contributed by atoms with Crippen molar-refractivity contribution in [1.29, 1.82) is 0 Å². The summed E-state index contributed by atoms with van der Waals surface area (Å²) < 4.78 is 16.6. The van der Waals surface area contributed by atoms with Gasteiger partial charge in [-0.05, 0) is 24.0 Å². The molecule has 0 aromatic heterocycles. The normalized spacial score (nSPS) is 13.4. The predicted molar refractivity (Wildman–Crippen MR) is 109 cm³/mol. The van der Waals surface area contributed by atoms with E-state index >= 15 is 0 Å². The predicted octanol–water partition coefficient (Wildman–Crippen LogP) is 2.18. The molecule has 2 atom stereocenters. The molecule has 27 heavy (non-hydrogen) atoms. The van der Waals surface area contributed by atoms with E-state index in [1.165, 1.54) is 11.1 Å². The molecule has 0 heterocycles. The fraction of sp³-hybridized carbons (Fsp3) is 0.455. The number of ether oxygens (including phenoxy) is 3. The van der Waals surface area contributed by atoms with Gasteiger partial charge in [0.15, 0.2) is 0 Å². The van der Waals surface area contributed by atoms with Crippen LogP contribution in [0.1, 0.15) is 11.1 Å². The maximum absolute atomic E-state index is 6.07. The summed E-state index contributed by atoms with van der Waals surface area (Å²) in [6.07, 6.45) is 1.64. The van der Waals surface area contributed by atoms with Gasteiger partial charge in [-0.2, -0.15) is 0 Å². The number of benzene rings is 2. The van der Waals surface area contributed by atoms with Crippen LogP contribution in [0, 0.1) is 0 Å². The van der Waals surface area contributed by atoms with Crippen LogP contribution in [0.15, 0.2) is 60.7 Å². The van der Waals surface area contributed by atoms with E-state index < -0.39 is 0 Å². The minimum Gasteiger partial charge on any atom is -0.377 e. The summed E-state index contributed by atoms with van der Waals surface area (Å²) in [4.78, 5) is 0. The van der Waals surface area contributed by atoms with Gasteiger partial charge in [0.1, 0.15) is 0 Å². The van der Waals surface area contributed by atoms with Gasteiger partial charge in [-0.1, -0.05) is 60.7 Å². The molecule has 0 fully saturated rings. The van der Waals surface area contributed by atoms with Gasteiger partial charge in [0.2, 0.25) is 0 Å². The van der Waals surface area contributed by atoms with Gasteiger partial charge in [0.25, 0.3) is 0 Å². The Hall–Kier alpha value is -1.76. The molecule has 2 unspecified atom stereocenters. The summed E-state index contributed by atoms with van der Waals surface area (Å²) in [5.74, 6) is 0. The standard InChI is InChI=1S/C22H32N2O3/c23-21(15-19-7-3-1-4-8-19)17-26-13-11-25-12-14-27-18-22(24)16-20-9-5-2-6-10-20/h1-10,21-22H,11-18,23-24H2. The molecular weight excluding hydrogens is 340 g/mol. The molecule has 0 aliphatic heterocycles. The molecule has 2 aromatic rings. The van der Waals surface area contributed by atoms with Crippen molar-refractivity contribution in [3.63, 3.8) is 0 Å². The van der Waals surface area contributed by atoms with Crippen molar-refractivity contribution in [2.45, 2.75) is 24.9 Å². The zero-order chi connectivity index (χ0) is 19.2. The average Bonchev–Trinajstić information content (AvgIpc) is 2.68. The Morgan fingerprint density at radius 1 is 0.556 bits per heavy atom. The van der Waals surface area contributed by atoms with E-state index in [-0.39, 0.29) is 12.1 Å². The Balaban J connectivity index is 1.39. The van der Waals surface area contributed by atoms with Crippen molar-refractivity contribution in [2.24, 2.45) is 11.5 Å². The smallest absolute Gasteiger partial charge is 0.0701 e. The zero-order valence-corrected chi connectivity index (χ0v) is 16.0. The Labute approximate surface area is 162 Å². The van der Waals surface area contributed by atoms with Crippen molar-refractivity contribution in [1.82, 2.24) is 0 Å². The highest BCUT2D eigenvalue weighted by molar-refractivity contribution is 5.16. The van der Waals surface area contributed by atoms with Gasteiger partial charge in [-0.15, -0.1) is 0 Å². The SMILES string of the molecule is NC(COCCOCCOCC(N)Cc1ccccc1)Cc1ccccc1. The first-order valence-corrected chi connectivity index (χ1v) is 9.56. The van der Waals surface area contributed by atoms with Crippen LogP contribution >= 0.6 is 0 Å². The molecule has 5 heteroatoms. The van der Waals surface area contributed by atoms with E-state index in [0.29, 0.717) is 39.6 Å². The summed E-state index contributed by atoms with van der Waals surface area (Å²) in [5, 5.41) is 0. The van der Waals surface area contributed by atoms with Crippen LogP contribution in [0.3, 0.4) is 0 Å². The topological polar surface area (TPSA) is 79.7 Å². The lowest BCUT2D eigenvalue weighted by Crippen LogP contribution is -2.30. The van der Waals surface area contributed by atoms with Crippen LogP contribution in [0.25, 0.3) is 0 Å². The first-order valence-electron chi connectivity index (χ1n) is 9.56. The molecule has 2 aromatic carbocycles. The Morgan fingerprint density at radius 3 is 1.33 bits per heavy atom. The van der Waals surface area contributed by atoms with Crippen molar-refractivity contribution >= 4 is 0 Å². The molecule has 148 valence electrons. The molecule has 2 rings (SSSR count). The minimum atomic E-state index is 0.00170. The van der Waals surface area contributed by atoms with Crippen molar-refractivity contribution in [2.75, 3.05) is 39.6 Å². The van der Waals surface area contributed by atoms with Crippen LogP contribution in [-0.2, 0) is 27.1 Å². The Morgan fingerprint density at radius 2 is 0.926 bits per heavy atom. The van der Waals surface area contributed by atoms with Crippen LogP contribution in [-0.4, -0.2) is 51.7 Å². The van der Waals surface area contributed by atoms with Gasteiger partial charge in [-0.25, -0.2) is 0 Å². The molecule has 0 saturated heterocycles. The molecule has 0 aliphatic rings. The van der Waals surface area contributed by atoms with Gasteiger partial charge < -0.3 is 25.7 Å². The van der Waals surface area contributed by atoms with Gasteiger partial charge >= 0.3 is 0 Å². The molecule has 0 saturated carbocycles. The van der Waals surface area contributed by atoms with Crippen molar-refractivity contribution in [3.05, 3.63) is 71.8 Å². The van der Waals surface area contributed by atoms with Crippen molar-refractivity contribution in [3.8, 4) is 0 Å². The second-order valence-corrected chi connectivity index (χ2v) is 6.66. The minimum absolute atomic E-state index is 0.00170. The van der Waals surface area contributed by atoms with Crippen LogP contribution < -0.4 is 11.5 Å². The first kappa shape index (κ1) is 21.5. The lowest BCUT2D eigenvalue weighted by Gasteiger charge is -2.13. The maximum atomic E-state index is 6.07. The zero-order valence-electron chi connectivity index (χ0n) is 16.0. The monoisotopic (exact) mass is 372 g/mol. The van der Waals surface area contributed by atoms with Crippen LogP contribution in [0.5, 0.6) is 0 Å². The number of hydrogen-bond donors (Lipinski definition) is 2. The lowest BCUT2D eigenvalue weighted by molar-refractivity contribution is 0.00989. The average molecular weight is 373 g/mol. The Kier molecular flexibility index (Phi) is 10.7. The highest BCUT2D eigenvalue weighted by Crippen LogP contribution is 2.03. The number of nitrogens with two attached hydrogens (primary N) is 2. The second-order valence-electron chi connectivity index (χ2n) is 6.66. The molecule has 0 amide bonds. The van der Waals surface area contributed by atoms with E-state index in [9.17, 15) is 0 Å². The lowest BCUT2D eigenvalue weighted by atomic mass is 10.1. The van der Waals surface area contributed by atoms with E-state index in [1.54, 1.807) is 0 Å². The van der Waals surface area contributed by atoms with Crippen LogP contribution in [0.2, 0.25) is 0 Å². The Bertz CT molecular complexity index is 542. The summed E-state index contributed by atoms with van der Waals surface area (Å²) in [6, 6.07) is 20.4. The molecule has 0 aliphatic carbocycles. The van der Waals surface area contributed by atoms with E-state index in [2.05, 4.69) is 24.3 Å². The summed E-state index contributed by atoms with van der Waals surface area (Å²) in [5.41, 5.74) is 14.6. The summed E-state index contributed by atoms with van der Waals surface area (Å²) in [7, 11) is 0. The van der Waals surface area contributed by atoms with Gasteiger partial charge in [0, 0.05) is 12.1 Å². The quantitative estimate of drug-likeness (QED) is 0.497. The third kappa shape index (κ3) is 10.2. The van der Waals surface area contributed by atoms with E-state index in [1.807, 2.05) is 36.4 Å². The third-order valence-corrected chi connectivity index (χ3v) is 4.09. The molecular formula is C22H32N2O3. The number of hydrogen-bond acceptors (Lipinski definition) is 5. The molecule has 0 radical (unpaired) electrons. The second kappa shape index (κ2) is 13.4.